The number of carbonyl (C=O) groups is 2. The second-order valence-corrected chi connectivity index (χ2v) is 6.87. The lowest BCUT2D eigenvalue weighted by molar-refractivity contribution is -0.150. The largest absolute Gasteiger partial charge is 0.481 e. The van der Waals surface area contributed by atoms with Gasteiger partial charge in [-0.2, -0.15) is 0 Å². The summed E-state index contributed by atoms with van der Waals surface area (Å²) in [5.74, 6) is -0.0599. The topological polar surface area (TPSA) is 60.9 Å². The van der Waals surface area contributed by atoms with Crippen molar-refractivity contribution in [3.8, 4) is 0 Å². The van der Waals surface area contributed by atoms with Gasteiger partial charge in [-0.3, -0.25) is 4.79 Å². The Morgan fingerprint density at radius 3 is 2.52 bits per heavy atom. The van der Waals surface area contributed by atoms with E-state index in [2.05, 4.69) is 6.92 Å². The number of hydrogen-bond donors (Lipinski definition) is 1. The maximum Gasteiger partial charge on any atom is 0.320 e. The standard InChI is InChI=1S/C16H28N2O3/c1-3-13-6-4-9-17(11-7-13)15(21)18-10-5-8-16(2,12-18)14(19)20/h13H,3-12H2,1-2H3,(H,19,20). The van der Waals surface area contributed by atoms with Crippen LogP contribution in [0.25, 0.3) is 0 Å². The first-order valence-corrected chi connectivity index (χ1v) is 8.23. The lowest BCUT2D eigenvalue weighted by atomic mass is 9.82. The first-order chi connectivity index (χ1) is 9.96. The van der Waals surface area contributed by atoms with Gasteiger partial charge < -0.3 is 14.9 Å². The molecule has 0 saturated carbocycles. The van der Waals surface area contributed by atoms with Crippen LogP contribution in [0.5, 0.6) is 0 Å². The molecule has 2 unspecified atom stereocenters. The van der Waals surface area contributed by atoms with Gasteiger partial charge in [0.05, 0.1) is 5.41 Å². The molecular formula is C16H28N2O3. The molecule has 2 rings (SSSR count). The molecule has 0 aromatic carbocycles. The summed E-state index contributed by atoms with van der Waals surface area (Å²) in [4.78, 5) is 27.8. The predicted molar refractivity (Wildman–Crippen MR) is 81.2 cm³/mol. The number of rotatable bonds is 2. The minimum atomic E-state index is -0.790. The Morgan fingerprint density at radius 2 is 1.86 bits per heavy atom. The molecule has 1 N–H and O–H groups in total. The molecule has 2 saturated heterocycles. The van der Waals surface area contributed by atoms with Crippen molar-refractivity contribution in [1.82, 2.24) is 9.80 Å². The summed E-state index contributed by atoms with van der Waals surface area (Å²) in [7, 11) is 0. The Morgan fingerprint density at radius 1 is 1.14 bits per heavy atom. The molecule has 2 aliphatic heterocycles. The van der Waals surface area contributed by atoms with Crippen molar-refractivity contribution in [2.24, 2.45) is 11.3 Å². The van der Waals surface area contributed by atoms with Crippen LogP contribution >= 0.6 is 0 Å². The monoisotopic (exact) mass is 296 g/mol. The number of carbonyl (C=O) groups excluding carboxylic acids is 1. The highest BCUT2D eigenvalue weighted by atomic mass is 16.4. The molecule has 0 spiro atoms. The SMILES string of the molecule is CCC1CCCN(C(=O)N2CCCC(C)(C(=O)O)C2)CC1. The molecule has 2 amide bonds. The molecule has 2 atom stereocenters. The zero-order valence-corrected chi connectivity index (χ0v) is 13.3. The van der Waals surface area contributed by atoms with Gasteiger partial charge in [-0.1, -0.05) is 13.3 Å². The Bertz CT molecular complexity index is 399. The third-order valence-electron chi connectivity index (χ3n) is 5.18. The summed E-state index contributed by atoms with van der Waals surface area (Å²) < 4.78 is 0. The number of urea groups is 1. The normalized spacial score (nSPS) is 30.9. The highest BCUT2D eigenvalue weighted by molar-refractivity contribution is 5.78. The van der Waals surface area contributed by atoms with Crippen LogP contribution in [0.1, 0.15) is 52.4 Å². The van der Waals surface area contributed by atoms with Gasteiger partial charge in [-0.15, -0.1) is 0 Å². The van der Waals surface area contributed by atoms with E-state index in [0.717, 1.165) is 38.3 Å². The van der Waals surface area contributed by atoms with Crippen molar-refractivity contribution in [3.05, 3.63) is 0 Å². The number of carboxylic acid groups (broad SMARTS) is 1. The molecule has 2 aliphatic rings. The fourth-order valence-electron chi connectivity index (χ4n) is 3.54. The van der Waals surface area contributed by atoms with E-state index in [9.17, 15) is 14.7 Å². The summed E-state index contributed by atoms with van der Waals surface area (Å²) in [6.45, 7) is 6.63. The van der Waals surface area contributed by atoms with E-state index in [1.165, 1.54) is 12.8 Å². The third kappa shape index (κ3) is 3.69. The summed E-state index contributed by atoms with van der Waals surface area (Å²) in [6, 6.07) is 0.0407. The minimum absolute atomic E-state index is 0.0407. The van der Waals surface area contributed by atoms with E-state index < -0.39 is 11.4 Å². The van der Waals surface area contributed by atoms with E-state index in [1.807, 2.05) is 4.90 Å². The van der Waals surface area contributed by atoms with Crippen LogP contribution in [0, 0.1) is 11.3 Å². The molecule has 0 aliphatic carbocycles. The van der Waals surface area contributed by atoms with E-state index >= 15 is 0 Å². The van der Waals surface area contributed by atoms with E-state index in [1.54, 1.807) is 11.8 Å². The van der Waals surface area contributed by atoms with Gasteiger partial charge >= 0.3 is 12.0 Å². The molecule has 0 radical (unpaired) electrons. The maximum absolute atomic E-state index is 12.7. The first-order valence-electron chi connectivity index (χ1n) is 8.23. The number of carboxylic acids is 1. The highest BCUT2D eigenvalue weighted by Crippen LogP contribution is 2.30. The Hall–Kier alpha value is -1.26. The number of likely N-dealkylation sites (tertiary alicyclic amines) is 2. The summed E-state index contributed by atoms with van der Waals surface area (Å²) in [6.07, 6.45) is 5.96. The van der Waals surface area contributed by atoms with Gasteiger partial charge in [0.15, 0.2) is 0 Å². The average Bonchev–Trinajstić information content (AvgIpc) is 2.71. The van der Waals surface area contributed by atoms with Crippen LogP contribution in [0.3, 0.4) is 0 Å². The molecular weight excluding hydrogens is 268 g/mol. The average molecular weight is 296 g/mol. The molecule has 2 heterocycles. The summed E-state index contributed by atoms with van der Waals surface area (Å²) >= 11 is 0. The van der Waals surface area contributed by atoms with Crippen molar-refractivity contribution >= 4 is 12.0 Å². The van der Waals surface area contributed by atoms with Gasteiger partial charge in [0, 0.05) is 26.2 Å². The fraction of sp³-hybridized carbons (Fsp3) is 0.875. The van der Waals surface area contributed by atoms with Crippen molar-refractivity contribution in [3.63, 3.8) is 0 Å². The summed E-state index contributed by atoms with van der Waals surface area (Å²) in [5.41, 5.74) is -0.786. The lowest BCUT2D eigenvalue weighted by Crippen LogP contribution is -2.52. The van der Waals surface area contributed by atoms with Gasteiger partial charge in [0.2, 0.25) is 0 Å². The van der Waals surface area contributed by atoms with Gasteiger partial charge in [0.1, 0.15) is 0 Å². The Balaban J connectivity index is 1.97. The minimum Gasteiger partial charge on any atom is -0.481 e. The van der Waals surface area contributed by atoms with Crippen LogP contribution in [-0.4, -0.2) is 53.1 Å². The predicted octanol–water partition coefficient (Wildman–Crippen LogP) is 2.81. The molecule has 5 nitrogen and oxygen atoms in total. The van der Waals surface area contributed by atoms with Crippen LogP contribution < -0.4 is 0 Å². The van der Waals surface area contributed by atoms with Crippen molar-refractivity contribution < 1.29 is 14.7 Å². The van der Waals surface area contributed by atoms with E-state index in [4.69, 9.17) is 0 Å². The molecule has 0 aromatic heterocycles. The second-order valence-electron chi connectivity index (χ2n) is 6.87. The number of amides is 2. The molecule has 0 bridgehead atoms. The third-order valence-corrected chi connectivity index (χ3v) is 5.18. The van der Waals surface area contributed by atoms with E-state index in [-0.39, 0.29) is 6.03 Å². The van der Waals surface area contributed by atoms with Crippen molar-refractivity contribution in [2.75, 3.05) is 26.2 Å². The zero-order chi connectivity index (χ0) is 15.5. The van der Waals surface area contributed by atoms with Crippen LogP contribution in [0.2, 0.25) is 0 Å². The van der Waals surface area contributed by atoms with Gasteiger partial charge in [-0.25, -0.2) is 4.79 Å². The Labute approximate surface area is 127 Å². The smallest absolute Gasteiger partial charge is 0.320 e. The van der Waals surface area contributed by atoms with Gasteiger partial charge in [-0.05, 0) is 44.9 Å². The van der Waals surface area contributed by atoms with E-state index in [0.29, 0.717) is 19.5 Å². The highest BCUT2D eigenvalue weighted by Gasteiger charge is 2.40. The number of piperidine rings is 1. The molecule has 0 aromatic rings. The van der Waals surface area contributed by atoms with Crippen molar-refractivity contribution in [2.45, 2.75) is 52.4 Å². The quantitative estimate of drug-likeness (QED) is 0.852. The number of nitrogens with zero attached hydrogens (tertiary/aromatic N) is 2. The molecule has 21 heavy (non-hydrogen) atoms. The molecule has 5 heteroatoms. The zero-order valence-electron chi connectivity index (χ0n) is 13.3. The van der Waals surface area contributed by atoms with Crippen molar-refractivity contribution in [1.29, 1.82) is 0 Å². The number of aliphatic carboxylic acids is 1. The van der Waals surface area contributed by atoms with Crippen LogP contribution in [0.15, 0.2) is 0 Å². The first kappa shape index (κ1) is 16.1. The second kappa shape index (κ2) is 6.67. The van der Waals surface area contributed by atoms with Crippen LogP contribution in [0.4, 0.5) is 4.79 Å². The lowest BCUT2D eigenvalue weighted by Gasteiger charge is -2.39. The fourth-order valence-corrected chi connectivity index (χ4v) is 3.54. The maximum atomic E-state index is 12.7. The summed E-state index contributed by atoms with van der Waals surface area (Å²) in [5, 5.41) is 9.37. The number of hydrogen-bond acceptors (Lipinski definition) is 2. The molecule has 2 fully saturated rings. The molecule has 120 valence electrons. The van der Waals surface area contributed by atoms with Crippen LogP contribution in [-0.2, 0) is 4.79 Å². The van der Waals surface area contributed by atoms with Gasteiger partial charge in [0.25, 0.3) is 0 Å². The Kier molecular flexibility index (Phi) is 5.12.